The van der Waals surface area contributed by atoms with Crippen LogP contribution in [0.4, 0.5) is 5.69 Å². The van der Waals surface area contributed by atoms with Crippen molar-refractivity contribution in [3.8, 4) is 5.75 Å². The Morgan fingerprint density at radius 3 is 2.39 bits per heavy atom. The van der Waals surface area contributed by atoms with Gasteiger partial charge in [0.1, 0.15) is 11.8 Å². The van der Waals surface area contributed by atoms with Crippen LogP contribution in [0.5, 0.6) is 5.75 Å². The molecule has 2 N–H and O–H groups in total. The standard InChI is InChI=1S/C28H28N4O4/c1-18-13-15-21(16-14-18)36-17-24(33)29-19(2)27(34)31-26-28(35)32(3)23-12-8-7-11-22(23)25(30-26)20-9-5-4-6-10-20/h4-16,19,26H,17H2,1-3H3,(H,29,33)(H,31,34)/t19-,26?/m0/s1. The first-order chi connectivity index (χ1) is 17.3. The Balaban J connectivity index is 1.48. The third kappa shape index (κ3) is 5.60. The van der Waals surface area contributed by atoms with E-state index in [-0.39, 0.29) is 12.5 Å². The number of carbonyl (C=O) groups excluding carboxylic acids is 3. The summed E-state index contributed by atoms with van der Waals surface area (Å²) in [6, 6.07) is 23.3. The fraction of sp³-hybridized carbons (Fsp3) is 0.214. The summed E-state index contributed by atoms with van der Waals surface area (Å²) < 4.78 is 5.47. The van der Waals surface area contributed by atoms with E-state index < -0.39 is 24.0 Å². The maximum Gasteiger partial charge on any atom is 0.272 e. The number of para-hydroxylation sites is 1. The minimum absolute atomic E-state index is 0.239. The molecule has 8 nitrogen and oxygen atoms in total. The zero-order chi connectivity index (χ0) is 25.7. The summed E-state index contributed by atoms with van der Waals surface area (Å²) >= 11 is 0. The summed E-state index contributed by atoms with van der Waals surface area (Å²) in [7, 11) is 1.65. The smallest absolute Gasteiger partial charge is 0.272 e. The molecule has 2 atom stereocenters. The van der Waals surface area contributed by atoms with Crippen LogP contribution in [-0.2, 0) is 14.4 Å². The number of ether oxygens (including phenoxy) is 1. The summed E-state index contributed by atoms with van der Waals surface area (Å²) in [6.07, 6.45) is -1.16. The van der Waals surface area contributed by atoms with Crippen molar-refractivity contribution in [3.63, 3.8) is 0 Å². The van der Waals surface area contributed by atoms with Gasteiger partial charge in [-0.3, -0.25) is 14.4 Å². The molecule has 0 radical (unpaired) electrons. The number of likely N-dealkylation sites (N-methyl/N-ethyl adjacent to an activating group) is 1. The van der Waals surface area contributed by atoms with Crippen LogP contribution in [0.3, 0.4) is 0 Å². The Hall–Kier alpha value is -4.46. The van der Waals surface area contributed by atoms with E-state index >= 15 is 0 Å². The summed E-state index contributed by atoms with van der Waals surface area (Å²) in [5.41, 5.74) is 3.97. The van der Waals surface area contributed by atoms with Crippen molar-refractivity contribution in [1.82, 2.24) is 10.6 Å². The Morgan fingerprint density at radius 2 is 1.67 bits per heavy atom. The van der Waals surface area contributed by atoms with Gasteiger partial charge < -0.3 is 20.3 Å². The molecule has 1 aliphatic heterocycles. The normalized spacial score (nSPS) is 15.8. The van der Waals surface area contributed by atoms with Gasteiger partial charge in [-0.15, -0.1) is 0 Å². The van der Waals surface area contributed by atoms with E-state index in [1.165, 1.54) is 4.90 Å². The van der Waals surface area contributed by atoms with Gasteiger partial charge in [0.05, 0.1) is 11.4 Å². The maximum absolute atomic E-state index is 13.2. The summed E-state index contributed by atoms with van der Waals surface area (Å²) in [5.74, 6) is -0.818. The van der Waals surface area contributed by atoms with Crippen molar-refractivity contribution in [2.24, 2.45) is 4.99 Å². The lowest BCUT2D eigenvalue weighted by Gasteiger charge is -2.22. The highest BCUT2D eigenvalue weighted by molar-refractivity contribution is 6.20. The molecular formula is C28H28N4O4. The average molecular weight is 485 g/mol. The SMILES string of the molecule is Cc1ccc(OCC(=O)N[C@@H](C)C(=O)NC2N=C(c3ccccc3)c3ccccc3N(C)C2=O)cc1. The quantitative estimate of drug-likeness (QED) is 0.539. The number of carbonyl (C=O) groups is 3. The number of nitrogens with zero attached hydrogens (tertiary/aromatic N) is 2. The predicted octanol–water partition coefficient (Wildman–Crippen LogP) is 2.83. The van der Waals surface area contributed by atoms with Crippen LogP contribution in [0.25, 0.3) is 0 Å². The van der Waals surface area contributed by atoms with Gasteiger partial charge in [0, 0.05) is 18.2 Å². The van der Waals surface area contributed by atoms with Crippen LogP contribution in [0.15, 0.2) is 83.9 Å². The highest BCUT2D eigenvalue weighted by Gasteiger charge is 2.32. The fourth-order valence-electron chi connectivity index (χ4n) is 3.83. The molecule has 0 spiro atoms. The van der Waals surface area contributed by atoms with E-state index in [1.807, 2.05) is 73.7 Å². The van der Waals surface area contributed by atoms with Crippen LogP contribution in [0.1, 0.15) is 23.6 Å². The molecule has 3 aromatic carbocycles. The van der Waals surface area contributed by atoms with Gasteiger partial charge in [-0.2, -0.15) is 0 Å². The van der Waals surface area contributed by atoms with Crippen molar-refractivity contribution < 1.29 is 19.1 Å². The molecule has 3 amide bonds. The van der Waals surface area contributed by atoms with E-state index in [0.717, 1.165) is 16.7 Å². The number of rotatable bonds is 7. The lowest BCUT2D eigenvalue weighted by Crippen LogP contribution is -2.52. The van der Waals surface area contributed by atoms with E-state index in [1.54, 1.807) is 26.1 Å². The third-order valence-electron chi connectivity index (χ3n) is 5.83. The largest absolute Gasteiger partial charge is 0.484 e. The maximum atomic E-state index is 13.2. The molecule has 4 rings (SSSR count). The summed E-state index contributed by atoms with van der Waals surface area (Å²) in [5, 5.41) is 5.29. The Kier molecular flexibility index (Phi) is 7.44. The molecule has 1 heterocycles. The molecule has 0 saturated carbocycles. The predicted molar refractivity (Wildman–Crippen MR) is 138 cm³/mol. The second kappa shape index (κ2) is 10.9. The minimum Gasteiger partial charge on any atom is -0.484 e. The van der Waals surface area contributed by atoms with Crippen LogP contribution in [0.2, 0.25) is 0 Å². The number of anilines is 1. The first kappa shape index (κ1) is 24.7. The van der Waals surface area contributed by atoms with Gasteiger partial charge in [-0.05, 0) is 32.0 Å². The molecule has 36 heavy (non-hydrogen) atoms. The van der Waals surface area contributed by atoms with Crippen molar-refractivity contribution >= 4 is 29.1 Å². The zero-order valence-electron chi connectivity index (χ0n) is 20.4. The van der Waals surface area contributed by atoms with Gasteiger partial charge in [-0.1, -0.05) is 66.2 Å². The molecule has 0 aliphatic carbocycles. The second-order valence-electron chi connectivity index (χ2n) is 8.56. The molecule has 3 aromatic rings. The Morgan fingerprint density at radius 1 is 1.00 bits per heavy atom. The van der Waals surface area contributed by atoms with Gasteiger partial charge in [0.2, 0.25) is 12.1 Å². The molecule has 184 valence electrons. The minimum atomic E-state index is -1.16. The van der Waals surface area contributed by atoms with Gasteiger partial charge in [0.25, 0.3) is 11.8 Å². The number of aryl methyl sites for hydroxylation is 1. The van der Waals surface area contributed by atoms with Crippen LogP contribution < -0.4 is 20.3 Å². The van der Waals surface area contributed by atoms with Crippen molar-refractivity contribution in [3.05, 3.63) is 95.6 Å². The average Bonchev–Trinajstić information content (AvgIpc) is 2.99. The Bertz CT molecular complexity index is 1290. The molecule has 0 saturated heterocycles. The lowest BCUT2D eigenvalue weighted by molar-refractivity contribution is -0.131. The molecule has 8 heteroatoms. The summed E-state index contributed by atoms with van der Waals surface area (Å²) in [4.78, 5) is 44.7. The second-order valence-corrected chi connectivity index (χ2v) is 8.56. The number of benzodiazepines with no additional fused rings is 1. The molecule has 1 aliphatic rings. The molecule has 0 fully saturated rings. The highest BCUT2D eigenvalue weighted by atomic mass is 16.5. The molecular weight excluding hydrogens is 456 g/mol. The van der Waals surface area contributed by atoms with E-state index in [0.29, 0.717) is 17.1 Å². The van der Waals surface area contributed by atoms with Gasteiger partial charge >= 0.3 is 0 Å². The first-order valence-corrected chi connectivity index (χ1v) is 11.6. The number of fused-ring (bicyclic) bond motifs is 1. The highest BCUT2D eigenvalue weighted by Crippen LogP contribution is 2.27. The van der Waals surface area contributed by atoms with Crippen LogP contribution in [0, 0.1) is 6.92 Å². The number of aliphatic imine (C=N–C) groups is 1. The topological polar surface area (TPSA) is 100 Å². The fourth-order valence-corrected chi connectivity index (χ4v) is 3.83. The van der Waals surface area contributed by atoms with Crippen molar-refractivity contribution in [2.45, 2.75) is 26.1 Å². The molecule has 0 aromatic heterocycles. The monoisotopic (exact) mass is 484 g/mol. The Labute approximate surface area is 210 Å². The van der Waals surface area contributed by atoms with Gasteiger partial charge in [-0.25, -0.2) is 4.99 Å². The van der Waals surface area contributed by atoms with Gasteiger partial charge in [0.15, 0.2) is 6.61 Å². The number of benzene rings is 3. The van der Waals surface area contributed by atoms with E-state index in [4.69, 9.17) is 4.74 Å². The van der Waals surface area contributed by atoms with Crippen LogP contribution >= 0.6 is 0 Å². The third-order valence-corrected chi connectivity index (χ3v) is 5.83. The molecule has 1 unspecified atom stereocenters. The van der Waals surface area contributed by atoms with Crippen LogP contribution in [-0.4, -0.2) is 49.3 Å². The van der Waals surface area contributed by atoms with Crippen molar-refractivity contribution in [1.29, 1.82) is 0 Å². The number of amides is 3. The van der Waals surface area contributed by atoms with E-state index in [2.05, 4.69) is 15.6 Å². The lowest BCUT2D eigenvalue weighted by atomic mass is 10.0. The summed E-state index contributed by atoms with van der Waals surface area (Å²) in [6.45, 7) is 3.26. The first-order valence-electron chi connectivity index (χ1n) is 11.6. The number of hydrogen-bond donors (Lipinski definition) is 2. The van der Waals surface area contributed by atoms with E-state index in [9.17, 15) is 14.4 Å². The molecule has 0 bridgehead atoms. The zero-order valence-corrected chi connectivity index (χ0v) is 20.4. The number of hydrogen-bond acceptors (Lipinski definition) is 5. The number of nitrogens with one attached hydrogen (secondary N) is 2. The van der Waals surface area contributed by atoms with Crippen molar-refractivity contribution in [2.75, 3.05) is 18.6 Å².